The van der Waals surface area contributed by atoms with Crippen LogP contribution in [0.2, 0.25) is 5.02 Å². The molecule has 0 aliphatic rings. The highest BCUT2D eigenvalue weighted by Gasteiger charge is 2.19. The summed E-state index contributed by atoms with van der Waals surface area (Å²) in [5.41, 5.74) is 1.99. The minimum absolute atomic E-state index is 0.0537. The van der Waals surface area contributed by atoms with Gasteiger partial charge >= 0.3 is 0 Å². The Morgan fingerprint density at radius 3 is 2.70 bits per heavy atom. The van der Waals surface area contributed by atoms with Crippen molar-refractivity contribution in [3.05, 3.63) is 45.8 Å². The number of nitrogens with one attached hydrogen (secondary N) is 1. The molecule has 106 valence electrons. The molecule has 0 aliphatic heterocycles. The molecular formula is C14H15ClN2O3. The molecule has 0 bridgehead atoms. The summed E-state index contributed by atoms with van der Waals surface area (Å²) < 4.78 is 5.08. The molecule has 0 radical (unpaired) electrons. The summed E-state index contributed by atoms with van der Waals surface area (Å²) in [6.07, 6.45) is 0. The molecule has 2 aromatic rings. The monoisotopic (exact) mass is 294 g/mol. The largest absolute Gasteiger partial charge is 0.506 e. The number of aryl methyl sites for hydroxylation is 2. The number of halogens is 1. The summed E-state index contributed by atoms with van der Waals surface area (Å²) in [7, 11) is 0. The fourth-order valence-corrected chi connectivity index (χ4v) is 2.29. The van der Waals surface area contributed by atoms with E-state index in [0.29, 0.717) is 11.3 Å². The molecule has 1 aromatic carbocycles. The Morgan fingerprint density at radius 1 is 1.45 bits per heavy atom. The second-order valence-corrected chi connectivity index (χ2v) is 5.01. The maximum atomic E-state index is 12.1. The van der Waals surface area contributed by atoms with Crippen LogP contribution in [0.4, 0.5) is 0 Å². The molecule has 2 rings (SSSR count). The number of amides is 1. The maximum absolute atomic E-state index is 12.1. The number of hydrogen-bond acceptors (Lipinski definition) is 4. The molecule has 1 heterocycles. The quantitative estimate of drug-likeness (QED) is 0.912. The van der Waals surface area contributed by atoms with Gasteiger partial charge in [0.15, 0.2) is 0 Å². The Hall–Kier alpha value is -2.01. The fraction of sp³-hybridized carbons (Fsp3) is 0.286. The highest BCUT2D eigenvalue weighted by molar-refractivity contribution is 6.32. The van der Waals surface area contributed by atoms with E-state index in [-0.39, 0.29) is 22.7 Å². The van der Waals surface area contributed by atoms with Gasteiger partial charge in [-0.3, -0.25) is 4.79 Å². The van der Waals surface area contributed by atoms with Crippen molar-refractivity contribution in [2.24, 2.45) is 0 Å². The summed E-state index contributed by atoms with van der Waals surface area (Å²) >= 11 is 5.79. The van der Waals surface area contributed by atoms with E-state index in [1.807, 2.05) is 13.8 Å². The first kappa shape index (κ1) is 14.4. The number of phenolic OH excluding ortho intramolecular Hbond substituents is 1. The first-order valence-corrected chi connectivity index (χ1v) is 6.50. The van der Waals surface area contributed by atoms with Crippen molar-refractivity contribution in [2.45, 2.75) is 26.8 Å². The van der Waals surface area contributed by atoms with E-state index in [0.717, 1.165) is 11.3 Å². The molecular weight excluding hydrogens is 280 g/mol. The van der Waals surface area contributed by atoms with Gasteiger partial charge in [0.25, 0.3) is 5.91 Å². The second kappa shape index (κ2) is 5.54. The van der Waals surface area contributed by atoms with E-state index in [1.54, 1.807) is 6.92 Å². The van der Waals surface area contributed by atoms with E-state index in [9.17, 15) is 9.90 Å². The molecule has 5 nitrogen and oxygen atoms in total. The van der Waals surface area contributed by atoms with Crippen LogP contribution in [0, 0.1) is 13.8 Å². The van der Waals surface area contributed by atoms with Gasteiger partial charge in [-0.15, -0.1) is 0 Å². The van der Waals surface area contributed by atoms with Crippen LogP contribution >= 0.6 is 11.6 Å². The lowest BCUT2D eigenvalue weighted by molar-refractivity contribution is 0.0939. The third-order valence-electron chi connectivity index (χ3n) is 3.08. The molecule has 0 saturated heterocycles. The lowest BCUT2D eigenvalue weighted by Gasteiger charge is -2.14. The molecule has 0 fully saturated rings. The van der Waals surface area contributed by atoms with Crippen molar-refractivity contribution in [2.75, 3.05) is 0 Å². The average Bonchev–Trinajstić information content (AvgIpc) is 2.72. The van der Waals surface area contributed by atoms with Gasteiger partial charge in [-0.2, -0.15) is 0 Å². The number of benzene rings is 1. The van der Waals surface area contributed by atoms with E-state index in [2.05, 4.69) is 10.5 Å². The van der Waals surface area contributed by atoms with Crippen molar-refractivity contribution in [1.82, 2.24) is 10.5 Å². The lowest BCUT2D eigenvalue weighted by Crippen LogP contribution is -2.27. The number of carbonyl (C=O) groups excluding carboxylic acids is 1. The number of nitrogens with zero attached hydrogens (tertiary/aromatic N) is 1. The number of aromatic nitrogens is 1. The van der Waals surface area contributed by atoms with E-state index in [4.69, 9.17) is 16.1 Å². The van der Waals surface area contributed by atoms with Crippen LogP contribution in [0.3, 0.4) is 0 Å². The number of aromatic hydroxyl groups is 1. The van der Waals surface area contributed by atoms with Crippen molar-refractivity contribution >= 4 is 17.5 Å². The highest BCUT2D eigenvalue weighted by atomic mass is 35.5. The van der Waals surface area contributed by atoms with Crippen LogP contribution in [0.5, 0.6) is 5.75 Å². The van der Waals surface area contributed by atoms with Crippen molar-refractivity contribution in [3.63, 3.8) is 0 Å². The predicted octanol–water partition coefficient (Wildman–Crippen LogP) is 3.14. The predicted molar refractivity (Wildman–Crippen MR) is 75.0 cm³/mol. The zero-order chi connectivity index (χ0) is 14.9. The van der Waals surface area contributed by atoms with Gasteiger partial charge < -0.3 is 14.9 Å². The van der Waals surface area contributed by atoms with Gasteiger partial charge in [-0.25, -0.2) is 0 Å². The van der Waals surface area contributed by atoms with Gasteiger partial charge in [0.05, 0.1) is 16.8 Å². The van der Waals surface area contributed by atoms with E-state index >= 15 is 0 Å². The average molecular weight is 295 g/mol. The molecule has 0 spiro atoms. The molecule has 0 saturated carbocycles. The van der Waals surface area contributed by atoms with Gasteiger partial charge in [0.1, 0.15) is 11.5 Å². The van der Waals surface area contributed by atoms with Crippen LogP contribution in [-0.2, 0) is 0 Å². The zero-order valence-corrected chi connectivity index (χ0v) is 12.2. The van der Waals surface area contributed by atoms with Crippen LogP contribution < -0.4 is 5.32 Å². The molecule has 6 heteroatoms. The van der Waals surface area contributed by atoms with Crippen LogP contribution in [-0.4, -0.2) is 16.2 Å². The van der Waals surface area contributed by atoms with Gasteiger partial charge in [0.2, 0.25) is 0 Å². The van der Waals surface area contributed by atoms with Gasteiger partial charge in [0, 0.05) is 11.1 Å². The van der Waals surface area contributed by atoms with Crippen LogP contribution in [0.1, 0.15) is 40.3 Å². The zero-order valence-electron chi connectivity index (χ0n) is 11.4. The fourth-order valence-electron chi connectivity index (χ4n) is 2.11. The van der Waals surface area contributed by atoms with E-state index in [1.165, 1.54) is 18.2 Å². The van der Waals surface area contributed by atoms with Crippen LogP contribution in [0.15, 0.2) is 22.7 Å². The molecule has 1 amide bonds. The first-order valence-electron chi connectivity index (χ1n) is 6.12. The van der Waals surface area contributed by atoms with Crippen molar-refractivity contribution in [3.8, 4) is 5.75 Å². The summed E-state index contributed by atoms with van der Waals surface area (Å²) in [6, 6.07) is 4.09. The van der Waals surface area contributed by atoms with Gasteiger partial charge in [-0.1, -0.05) is 16.8 Å². The summed E-state index contributed by atoms with van der Waals surface area (Å²) in [5, 5.41) is 16.2. The summed E-state index contributed by atoms with van der Waals surface area (Å²) in [4.78, 5) is 12.1. The number of phenols is 1. The Labute approximate surface area is 121 Å². The minimum atomic E-state index is -0.278. The highest BCUT2D eigenvalue weighted by Crippen LogP contribution is 2.25. The Balaban J connectivity index is 2.17. The minimum Gasteiger partial charge on any atom is -0.506 e. The van der Waals surface area contributed by atoms with Gasteiger partial charge in [-0.05, 0) is 39.0 Å². The normalized spacial score (nSPS) is 12.2. The number of carbonyl (C=O) groups is 1. The lowest BCUT2D eigenvalue weighted by atomic mass is 10.1. The summed E-state index contributed by atoms with van der Waals surface area (Å²) in [6.45, 7) is 5.48. The van der Waals surface area contributed by atoms with Crippen molar-refractivity contribution in [1.29, 1.82) is 0 Å². The van der Waals surface area contributed by atoms with Crippen molar-refractivity contribution < 1.29 is 14.4 Å². The molecule has 0 aliphatic carbocycles. The Morgan fingerprint density at radius 2 is 2.15 bits per heavy atom. The molecule has 1 aromatic heterocycles. The molecule has 2 N–H and O–H groups in total. The Bertz CT molecular complexity index is 632. The number of hydrogen-bond donors (Lipinski definition) is 2. The standard InChI is InChI=1S/C14H15ClN2O3/c1-7(13-8(2)17-20-9(13)3)16-14(19)10-4-5-12(18)11(15)6-10/h4-7,18H,1-3H3,(H,16,19). The third kappa shape index (κ3) is 2.77. The molecule has 20 heavy (non-hydrogen) atoms. The summed E-state index contributed by atoms with van der Waals surface area (Å²) in [5.74, 6) is 0.348. The Kier molecular flexibility index (Phi) is 3.99. The molecule has 1 unspecified atom stereocenters. The third-order valence-corrected chi connectivity index (χ3v) is 3.38. The maximum Gasteiger partial charge on any atom is 0.251 e. The number of rotatable bonds is 3. The second-order valence-electron chi connectivity index (χ2n) is 4.60. The topological polar surface area (TPSA) is 75.4 Å². The van der Waals surface area contributed by atoms with E-state index < -0.39 is 0 Å². The first-order chi connectivity index (χ1) is 9.40. The van der Waals surface area contributed by atoms with Crippen LogP contribution in [0.25, 0.3) is 0 Å². The SMILES string of the molecule is Cc1noc(C)c1C(C)NC(=O)c1ccc(O)c(Cl)c1. The molecule has 1 atom stereocenters. The smallest absolute Gasteiger partial charge is 0.251 e.